The van der Waals surface area contributed by atoms with E-state index < -0.39 is 0 Å². The number of amides is 1. The van der Waals surface area contributed by atoms with Crippen molar-refractivity contribution >= 4 is 23.4 Å². The lowest BCUT2D eigenvalue weighted by Crippen LogP contribution is -2.38. The van der Waals surface area contributed by atoms with Gasteiger partial charge < -0.3 is 20.1 Å². The monoisotopic (exact) mass is 447 g/mol. The van der Waals surface area contributed by atoms with Gasteiger partial charge in [0.25, 0.3) is 0 Å². The number of nitrogens with one attached hydrogen (secondary N) is 2. The van der Waals surface area contributed by atoms with Crippen molar-refractivity contribution < 1.29 is 9.32 Å². The average Bonchev–Trinajstić information content (AvgIpc) is 3.44. The largest absolute Gasteiger partial charge is 0.360 e. The van der Waals surface area contributed by atoms with Gasteiger partial charge in [0.2, 0.25) is 5.91 Å². The number of nitrogens with zero attached hydrogens (tertiary/aromatic N) is 5. The van der Waals surface area contributed by atoms with Crippen LogP contribution < -0.4 is 15.5 Å². The highest BCUT2D eigenvalue weighted by Crippen LogP contribution is 2.47. The second-order valence-corrected chi connectivity index (χ2v) is 9.20. The molecule has 1 spiro atoms. The molecule has 1 aliphatic carbocycles. The smallest absolute Gasteiger partial charge is 0.222 e. The van der Waals surface area contributed by atoms with Crippen LogP contribution in [0.5, 0.6) is 0 Å². The van der Waals surface area contributed by atoms with E-state index >= 15 is 0 Å². The van der Waals surface area contributed by atoms with E-state index in [9.17, 15) is 4.79 Å². The zero-order valence-electron chi connectivity index (χ0n) is 19.0. The first kappa shape index (κ1) is 21.4. The van der Waals surface area contributed by atoms with Crippen LogP contribution in [-0.2, 0) is 4.79 Å². The fourth-order valence-electron chi connectivity index (χ4n) is 5.22. The molecule has 2 atom stereocenters. The number of aromatic nitrogens is 4. The zero-order chi connectivity index (χ0) is 22.8. The molecule has 9 heteroatoms. The van der Waals surface area contributed by atoms with Gasteiger partial charge in [0.05, 0.1) is 0 Å². The summed E-state index contributed by atoms with van der Waals surface area (Å²) >= 11 is 0. The second kappa shape index (κ2) is 8.80. The maximum Gasteiger partial charge on any atom is 0.222 e. The van der Waals surface area contributed by atoms with Crippen LogP contribution in [0.15, 0.2) is 41.2 Å². The molecule has 1 amide bonds. The normalized spacial score (nSPS) is 22.5. The summed E-state index contributed by atoms with van der Waals surface area (Å²) in [5.41, 5.74) is 1.01. The fraction of sp³-hybridized carbons (Fsp3) is 0.458. The third-order valence-electron chi connectivity index (χ3n) is 6.84. The van der Waals surface area contributed by atoms with Crippen molar-refractivity contribution in [1.29, 1.82) is 0 Å². The van der Waals surface area contributed by atoms with Gasteiger partial charge in [-0.15, -0.1) is 0 Å². The number of aryl methyl sites for hydroxylation is 1. The van der Waals surface area contributed by atoms with E-state index in [1.807, 2.05) is 31.2 Å². The molecule has 1 saturated carbocycles. The summed E-state index contributed by atoms with van der Waals surface area (Å²) in [4.78, 5) is 28.5. The Balaban J connectivity index is 1.43. The molecule has 2 fully saturated rings. The molecule has 2 unspecified atom stereocenters. The van der Waals surface area contributed by atoms with Crippen molar-refractivity contribution in [2.45, 2.75) is 39.0 Å². The van der Waals surface area contributed by atoms with Gasteiger partial charge in [-0.25, -0.2) is 9.97 Å². The molecule has 2 N–H and O–H groups in total. The van der Waals surface area contributed by atoms with E-state index in [0.717, 1.165) is 62.3 Å². The van der Waals surface area contributed by atoms with Gasteiger partial charge in [-0.2, -0.15) is 0 Å². The Hall–Kier alpha value is -3.49. The van der Waals surface area contributed by atoms with Crippen molar-refractivity contribution in [2.24, 2.45) is 11.3 Å². The van der Waals surface area contributed by atoms with Crippen LogP contribution >= 0.6 is 0 Å². The van der Waals surface area contributed by atoms with Crippen molar-refractivity contribution in [3.05, 3.63) is 42.4 Å². The number of anilines is 3. The molecule has 0 aromatic carbocycles. The second-order valence-electron chi connectivity index (χ2n) is 9.20. The van der Waals surface area contributed by atoms with Gasteiger partial charge in [0.1, 0.15) is 17.4 Å². The minimum atomic E-state index is 0.104. The molecule has 33 heavy (non-hydrogen) atoms. The van der Waals surface area contributed by atoms with Gasteiger partial charge in [0, 0.05) is 56.1 Å². The Morgan fingerprint density at radius 1 is 1.24 bits per heavy atom. The number of hydrogen-bond acceptors (Lipinski definition) is 8. The lowest BCUT2D eigenvalue weighted by atomic mass is 9.69. The van der Waals surface area contributed by atoms with Crippen molar-refractivity contribution in [2.75, 3.05) is 30.4 Å². The Morgan fingerprint density at radius 3 is 2.91 bits per heavy atom. The molecule has 1 aliphatic heterocycles. The highest BCUT2D eigenvalue weighted by molar-refractivity contribution is 5.78. The standard InChI is InChI=1S/C24H29N7O2/c1-16-11-20(30-33-16)27-19-12-21(29-22(28-19)18-6-4-9-26-14-18)31-10-8-24(15-31)7-3-5-17(13-24)23(32)25-2/h4,6,9,11-12,14,17H,3,5,7-8,10,13,15H2,1-2H3,(H,25,32)(H,27,28,29,30). The molecule has 4 heterocycles. The average molecular weight is 448 g/mol. The van der Waals surface area contributed by atoms with Gasteiger partial charge in [-0.1, -0.05) is 11.6 Å². The quantitative estimate of drug-likeness (QED) is 0.609. The highest BCUT2D eigenvalue weighted by atomic mass is 16.5. The Bertz CT molecular complexity index is 1130. The third kappa shape index (κ3) is 4.53. The van der Waals surface area contributed by atoms with Crippen LogP contribution in [0.4, 0.5) is 17.5 Å². The number of pyridine rings is 1. The van der Waals surface area contributed by atoms with Crippen LogP contribution in [0.1, 0.15) is 37.9 Å². The zero-order valence-corrected chi connectivity index (χ0v) is 19.0. The summed E-state index contributed by atoms with van der Waals surface area (Å²) in [7, 11) is 1.73. The molecule has 0 bridgehead atoms. The first-order chi connectivity index (χ1) is 16.0. The Morgan fingerprint density at radius 2 is 2.15 bits per heavy atom. The van der Waals surface area contributed by atoms with Crippen molar-refractivity contribution in [3.63, 3.8) is 0 Å². The van der Waals surface area contributed by atoms with E-state index in [-0.39, 0.29) is 17.2 Å². The molecule has 1 saturated heterocycles. The van der Waals surface area contributed by atoms with Gasteiger partial charge in [-0.3, -0.25) is 9.78 Å². The first-order valence-electron chi connectivity index (χ1n) is 11.5. The molecule has 3 aromatic heterocycles. The Kier molecular flexibility index (Phi) is 5.70. The Labute approximate surface area is 193 Å². The topological polar surface area (TPSA) is 109 Å². The predicted molar refractivity (Wildman–Crippen MR) is 125 cm³/mol. The SMILES string of the molecule is CNC(=O)C1CCCC2(CCN(c3cc(Nc4cc(C)on4)nc(-c4cccnc4)n3)C2)C1. The number of carbonyl (C=O) groups excluding carboxylic acids is 1. The van der Waals surface area contributed by atoms with E-state index in [0.29, 0.717) is 17.5 Å². The van der Waals surface area contributed by atoms with E-state index in [2.05, 4.69) is 25.7 Å². The van der Waals surface area contributed by atoms with E-state index in [1.54, 1.807) is 19.4 Å². The summed E-state index contributed by atoms with van der Waals surface area (Å²) in [5, 5.41) is 10.1. The fourth-order valence-corrected chi connectivity index (χ4v) is 5.22. The van der Waals surface area contributed by atoms with Crippen LogP contribution in [0.25, 0.3) is 11.4 Å². The number of carbonyl (C=O) groups is 1. The number of hydrogen-bond donors (Lipinski definition) is 2. The molecular weight excluding hydrogens is 418 g/mol. The summed E-state index contributed by atoms with van der Waals surface area (Å²) in [6, 6.07) is 7.63. The molecule has 5 rings (SSSR count). The minimum Gasteiger partial charge on any atom is -0.360 e. The van der Waals surface area contributed by atoms with Gasteiger partial charge in [-0.05, 0) is 50.2 Å². The minimum absolute atomic E-state index is 0.104. The summed E-state index contributed by atoms with van der Waals surface area (Å²) in [6.45, 7) is 3.66. The molecule has 3 aromatic rings. The number of rotatable bonds is 5. The van der Waals surface area contributed by atoms with Crippen molar-refractivity contribution in [1.82, 2.24) is 25.4 Å². The van der Waals surface area contributed by atoms with Crippen LogP contribution in [-0.4, -0.2) is 46.2 Å². The molecule has 2 aliphatic rings. The molecule has 9 nitrogen and oxygen atoms in total. The lowest BCUT2D eigenvalue weighted by Gasteiger charge is -2.37. The van der Waals surface area contributed by atoms with Gasteiger partial charge in [0.15, 0.2) is 11.6 Å². The third-order valence-corrected chi connectivity index (χ3v) is 6.84. The highest BCUT2D eigenvalue weighted by Gasteiger charge is 2.43. The van der Waals surface area contributed by atoms with E-state index in [4.69, 9.17) is 14.5 Å². The lowest BCUT2D eigenvalue weighted by molar-refractivity contribution is -0.126. The summed E-state index contributed by atoms with van der Waals surface area (Å²) in [6.07, 6.45) is 8.73. The first-order valence-corrected chi connectivity index (χ1v) is 11.5. The summed E-state index contributed by atoms with van der Waals surface area (Å²) < 4.78 is 5.19. The van der Waals surface area contributed by atoms with Crippen LogP contribution in [0, 0.1) is 18.3 Å². The van der Waals surface area contributed by atoms with E-state index in [1.165, 1.54) is 0 Å². The summed E-state index contributed by atoms with van der Waals surface area (Å²) in [5.74, 6) is 3.73. The van der Waals surface area contributed by atoms with Crippen LogP contribution in [0.3, 0.4) is 0 Å². The maximum atomic E-state index is 12.3. The molecule has 172 valence electrons. The predicted octanol–water partition coefficient (Wildman–Crippen LogP) is 3.71. The van der Waals surface area contributed by atoms with Crippen LogP contribution in [0.2, 0.25) is 0 Å². The molecule has 0 radical (unpaired) electrons. The maximum absolute atomic E-state index is 12.3. The van der Waals surface area contributed by atoms with Gasteiger partial charge >= 0.3 is 0 Å². The van der Waals surface area contributed by atoms with Crippen molar-refractivity contribution in [3.8, 4) is 11.4 Å². The molecular formula is C24H29N7O2.